The Morgan fingerprint density at radius 1 is 1.38 bits per heavy atom. The van der Waals surface area contributed by atoms with Crippen molar-refractivity contribution in [1.29, 1.82) is 0 Å². The van der Waals surface area contributed by atoms with E-state index in [-0.39, 0.29) is 5.76 Å². The number of aromatic nitrogens is 1. The molecular formula is C10H6Cl2N2O2. The summed E-state index contributed by atoms with van der Waals surface area (Å²) in [6.07, 6.45) is 0. The van der Waals surface area contributed by atoms with Crippen molar-refractivity contribution in [2.45, 2.75) is 0 Å². The number of nitrogens with two attached hydrogens (primary N) is 1. The molecule has 1 amide bonds. The summed E-state index contributed by atoms with van der Waals surface area (Å²) in [4.78, 5) is 10.8. The minimum atomic E-state index is -0.683. The molecule has 0 saturated carbocycles. The van der Waals surface area contributed by atoms with Crippen molar-refractivity contribution in [1.82, 2.24) is 5.16 Å². The molecule has 0 radical (unpaired) electrons. The fraction of sp³-hybridized carbons (Fsp3) is 0. The number of primary amides is 1. The van der Waals surface area contributed by atoms with E-state index in [2.05, 4.69) is 5.16 Å². The van der Waals surface area contributed by atoms with Crippen molar-refractivity contribution in [2.75, 3.05) is 0 Å². The number of amides is 1. The van der Waals surface area contributed by atoms with Gasteiger partial charge in [-0.15, -0.1) is 0 Å². The highest BCUT2D eigenvalue weighted by Crippen LogP contribution is 2.32. The van der Waals surface area contributed by atoms with E-state index in [0.717, 1.165) is 0 Å². The second kappa shape index (κ2) is 4.15. The van der Waals surface area contributed by atoms with Crippen LogP contribution in [0.5, 0.6) is 0 Å². The number of carbonyl (C=O) groups is 1. The van der Waals surface area contributed by atoms with Gasteiger partial charge in [-0.1, -0.05) is 40.5 Å². The number of hydrogen-bond acceptors (Lipinski definition) is 3. The lowest BCUT2D eigenvalue weighted by molar-refractivity contribution is 0.0965. The second-order valence-corrected chi connectivity index (χ2v) is 3.83. The van der Waals surface area contributed by atoms with Gasteiger partial charge in [-0.3, -0.25) is 4.79 Å². The van der Waals surface area contributed by atoms with Gasteiger partial charge in [0.1, 0.15) is 5.69 Å². The van der Waals surface area contributed by atoms with Crippen molar-refractivity contribution in [2.24, 2.45) is 5.73 Å². The fourth-order valence-corrected chi connectivity index (χ4v) is 1.62. The highest BCUT2D eigenvalue weighted by molar-refractivity contribution is 6.43. The van der Waals surface area contributed by atoms with E-state index in [1.54, 1.807) is 18.2 Å². The molecule has 6 heteroatoms. The lowest BCUT2D eigenvalue weighted by atomic mass is 10.1. The van der Waals surface area contributed by atoms with E-state index >= 15 is 0 Å². The van der Waals surface area contributed by atoms with Gasteiger partial charge in [-0.05, 0) is 6.07 Å². The van der Waals surface area contributed by atoms with E-state index in [1.807, 2.05) is 0 Å². The maximum atomic E-state index is 10.8. The Bertz CT molecular complexity index is 552. The predicted octanol–water partition coefficient (Wildman–Crippen LogP) is 2.75. The molecule has 0 saturated heterocycles. The van der Waals surface area contributed by atoms with Crippen molar-refractivity contribution < 1.29 is 9.32 Å². The van der Waals surface area contributed by atoms with E-state index in [0.29, 0.717) is 21.3 Å². The molecule has 2 aromatic rings. The maximum absolute atomic E-state index is 10.8. The second-order valence-electron chi connectivity index (χ2n) is 3.04. The molecule has 16 heavy (non-hydrogen) atoms. The number of carbonyl (C=O) groups excluding carboxylic acids is 1. The molecular weight excluding hydrogens is 251 g/mol. The molecule has 0 aliphatic heterocycles. The van der Waals surface area contributed by atoms with Crippen LogP contribution < -0.4 is 5.73 Å². The summed E-state index contributed by atoms with van der Waals surface area (Å²) in [7, 11) is 0. The Morgan fingerprint density at radius 2 is 2.12 bits per heavy atom. The summed E-state index contributed by atoms with van der Waals surface area (Å²) in [5.41, 5.74) is 6.05. The highest BCUT2D eigenvalue weighted by Gasteiger charge is 2.14. The van der Waals surface area contributed by atoms with Crippen LogP contribution >= 0.6 is 23.2 Å². The zero-order chi connectivity index (χ0) is 11.7. The van der Waals surface area contributed by atoms with Crippen molar-refractivity contribution in [3.05, 3.63) is 40.1 Å². The first-order chi connectivity index (χ1) is 7.59. The van der Waals surface area contributed by atoms with Crippen LogP contribution in [0, 0.1) is 0 Å². The normalized spacial score (nSPS) is 10.4. The average Bonchev–Trinajstić information content (AvgIpc) is 2.71. The third-order valence-corrected chi connectivity index (χ3v) is 2.80. The molecule has 0 fully saturated rings. The highest BCUT2D eigenvalue weighted by atomic mass is 35.5. The Balaban J connectivity index is 2.50. The van der Waals surface area contributed by atoms with Crippen molar-refractivity contribution >= 4 is 29.1 Å². The summed E-state index contributed by atoms with van der Waals surface area (Å²) in [6, 6.07) is 6.52. The van der Waals surface area contributed by atoms with Gasteiger partial charge in [0, 0.05) is 11.6 Å². The molecule has 0 spiro atoms. The van der Waals surface area contributed by atoms with E-state index in [1.165, 1.54) is 6.07 Å². The Hall–Kier alpha value is -1.52. The summed E-state index contributed by atoms with van der Waals surface area (Å²) < 4.78 is 4.75. The minimum Gasteiger partial charge on any atom is -0.363 e. The number of hydrogen-bond donors (Lipinski definition) is 1. The smallest absolute Gasteiger partial charge is 0.287 e. The zero-order valence-corrected chi connectivity index (χ0v) is 9.42. The molecule has 0 unspecified atom stereocenters. The largest absolute Gasteiger partial charge is 0.363 e. The first-order valence-electron chi connectivity index (χ1n) is 4.30. The number of rotatable bonds is 2. The van der Waals surface area contributed by atoms with E-state index in [4.69, 9.17) is 33.5 Å². The van der Waals surface area contributed by atoms with Crippen LogP contribution in [0.1, 0.15) is 10.6 Å². The quantitative estimate of drug-likeness (QED) is 0.899. The molecule has 1 aromatic carbocycles. The molecule has 4 nitrogen and oxygen atoms in total. The molecule has 0 aliphatic carbocycles. The van der Waals surface area contributed by atoms with Gasteiger partial charge < -0.3 is 10.3 Å². The lowest BCUT2D eigenvalue weighted by Gasteiger charge is -2.00. The zero-order valence-electron chi connectivity index (χ0n) is 7.91. The summed E-state index contributed by atoms with van der Waals surface area (Å²) >= 11 is 11.8. The first kappa shape index (κ1) is 11.0. The van der Waals surface area contributed by atoms with Gasteiger partial charge in [0.25, 0.3) is 5.91 Å². The molecule has 0 bridgehead atoms. The van der Waals surface area contributed by atoms with Crippen LogP contribution in [-0.4, -0.2) is 11.1 Å². The molecule has 0 aliphatic rings. The van der Waals surface area contributed by atoms with Gasteiger partial charge in [0.05, 0.1) is 10.0 Å². The van der Waals surface area contributed by atoms with Crippen molar-refractivity contribution in [3.8, 4) is 11.3 Å². The maximum Gasteiger partial charge on any atom is 0.287 e. The summed E-state index contributed by atoms with van der Waals surface area (Å²) in [6.45, 7) is 0. The topological polar surface area (TPSA) is 69.1 Å². The van der Waals surface area contributed by atoms with Gasteiger partial charge in [-0.25, -0.2) is 0 Å². The first-order valence-corrected chi connectivity index (χ1v) is 5.06. The Kier molecular flexibility index (Phi) is 2.85. The fourth-order valence-electron chi connectivity index (χ4n) is 1.22. The van der Waals surface area contributed by atoms with Crippen molar-refractivity contribution in [3.63, 3.8) is 0 Å². The van der Waals surface area contributed by atoms with Gasteiger partial charge >= 0.3 is 0 Å². The number of nitrogens with zero attached hydrogens (tertiary/aromatic N) is 1. The van der Waals surface area contributed by atoms with Crippen LogP contribution in [0.4, 0.5) is 0 Å². The average molecular weight is 257 g/mol. The van der Waals surface area contributed by atoms with Gasteiger partial charge in [-0.2, -0.15) is 0 Å². The molecule has 82 valence electrons. The molecule has 2 rings (SSSR count). The van der Waals surface area contributed by atoms with Gasteiger partial charge in [0.15, 0.2) is 0 Å². The van der Waals surface area contributed by atoms with E-state index in [9.17, 15) is 4.79 Å². The summed E-state index contributed by atoms with van der Waals surface area (Å²) in [5.74, 6) is -0.706. The van der Waals surface area contributed by atoms with Crippen LogP contribution in [0.3, 0.4) is 0 Å². The van der Waals surface area contributed by atoms with Crippen LogP contribution in [-0.2, 0) is 0 Å². The van der Waals surface area contributed by atoms with Crippen LogP contribution in [0.2, 0.25) is 10.0 Å². The molecule has 0 atom stereocenters. The monoisotopic (exact) mass is 256 g/mol. The van der Waals surface area contributed by atoms with Gasteiger partial charge in [0.2, 0.25) is 5.76 Å². The minimum absolute atomic E-state index is 0.0222. The molecule has 1 aromatic heterocycles. The third-order valence-electron chi connectivity index (χ3n) is 1.98. The van der Waals surface area contributed by atoms with Crippen LogP contribution in [0.15, 0.2) is 28.8 Å². The predicted molar refractivity (Wildman–Crippen MR) is 60.5 cm³/mol. The lowest BCUT2D eigenvalue weighted by Crippen LogP contribution is -2.09. The van der Waals surface area contributed by atoms with Crippen LogP contribution in [0.25, 0.3) is 11.3 Å². The molecule has 2 N–H and O–H groups in total. The Morgan fingerprint density at radius 3 is 2.75 bits per heavy atom. The SMILES string of the molecule is NC(=O)c1cc(-c2cccc(Cl)c2Cl)no1. The Labute approximate surface area is 101 Å². The molecule has 1 heterocycles. The number of benzene rings is 1. The number of halogens is 2. The standard InChI is InChI=1S/C10H6Cl2N2O2/c11-6-3-1-2-5(9(6)12)7-4-8(10(13)15)16-14-7/h1-4H,(H2,13,15). The van der Waals surface area contributed by atoms with E-state index < -0.39 is 5.91 Å². The third kappa shape index (κ3) is 1.89. The summed E-state index contributed by atoms with van der Waals surface area (Å²) in [5, 5.41) is 4.45.